The van der Waals surface area contributed by atoms with Crippen molar-refractivity contribution in [3.63, 3.8) is 0 Å². The van der Waals surface area contributed by atoms with Crippen LogP contribution in [0.2, 0.25) is 10.0 Å². The van der Waals surface area contributed by atoms with Gasteiger partial charge in [-0.3, -0.25) is 4.79 Å². The highest BCUT2D eigenvalue weighted by molar-refractivity contribution is 8.01. The Morgan fingerprint density at radius 1 is 1.21 bits per heavy atom. The largest absolute Gasteiger partial charge is 0.489 e. The minimum Gasteiger partial charge on any atom is -0.489 e. The zero-order valence-corrected chi connectivity index (χ0v) is 18.0. The molecule has 0 aliphatic carbocycles. The standard InChI is InChI=1S/C18H15Cl2N5O2S2/c19-14-2-1-3-15(20)13(14)9-27-12-6-4-11(5-7-12)8-22-23-16(26)10-28-18-25-24-17(21)29-18/h1-8H,9-10H2,(H2,21,24)(H,23,26). The van der Waals surface area contributed by atoms with Gasteiger partial charge in [0.15, 0.2) is 4.34 Å². The highest BCUT2D eigenvalue weighted by Gasteiger charge is 2.07. The summed E-state index contributed by atoms with van der Waals surface area (Å²) in [6.45, 7) is 0.264. The Kier molecular flexibility index (Phi) is 7.70. The van der Waals surface area contributed by atoms with Gasteiger partial charge in [0, 0.05) is 15.6 Å². The lowest BCUT2D eigenvalue weighted by molar-refractivity contribution is -0.118. The minimum atomic E-state index is -0.253. The van der Waals surface area contributed by atoms with Crippen LogP contribution in [-0.2, 0) is 11.4 Å². The second-order valence-electron chi connectivity index (χ2n) is 5.55. The molecule has 3 aromatic rings. The molecule has 3 rings (SSSR count). The van der Waals surface area contributed by atoms with Crippen molar-refractivity contribution in [3.8, 4) is 5.75 Å². The number of carbonyl (C=O) groups excluding carboxylic acids is 1. The third-order valence-electron chi connectivity index (χ3n) is 3.48. The molecule has 0 atom stereocenters. The lowest BCUT2D eigenvalue weighted by Crippen LogP contribution is -2.19. The van der Waals surface area contributed by atoms with E-state index in [0.717, 1.165) is 11.1 Å². The van der Waals surface area contributed by atoms with E-state index < -0.39 is 0 Å². The number of hydrogen-bond acceptors (Lipinski definition) is 8. The van der Waals surface area contributed by atoms with Gasteiger partial charge in [-0.25, -0.2) is 5.43 Å². The maximum atomic E-state index is 11.8. The van der Waals surface area contributed by atoms with Gasteiger partial charge < -0.3 is 10.5 Å². The smallest absolute Gasteiger partial charge is 0.250 e. The summed E-state index contributed by atoms with van der Waals surface area (Å²) in [5.41, 5.74) is 9.48. The Bertz CT molecular complexity index is 991. The number of nitrogens with zero attached hydrogens (tertiary/aromatic N) is 3. The summed E-state index contributed by atoms with van der Waals surface area (Å²) in [5.74, 6) is 0.579. The second kappa shape index (κ2) is 10.4. The van der Waals surface area contributed by atoms with Crippen LogP contribution in [0.4, 0.5) is 5.13 Å². The molecule has 1 aromatic heterocycles. The summed E-state index contributed by atoms with van der Waals surface area (Å²) in [6, 6.07) is 12.5. The average molecular weight is 468 g/mol. The van der Waals surface area contributed by atoms with E-state index in [4.69, 9.17) is 33.7 Å². The topological polar surface area (TPSA) is 102 Å². The number of thioether (sulfide) groups is 1. The molecule has 2 aromatic carbocycles. The predicted molar refractivity (Wildman–Crippen MR) is 118 cm³/mol. The number of benzene rings is 2. The zero-order chi connectivity index (χ0) is 20.6. The van der Waals surface area contributed by atoms with Gasteiger partial charge >= 0.3 is 0 Å². The lowest BCUT2D eigenvalue weighted by Gasteiger charge is -2.09. The second-order valence-corrected chi connectivity index (χ2v) is 8.59. The maximum absolute atomic E-state index is 11.8. The number of nitrogens with two attached hydrogens (primary N) is 1. The molecule has 3 N–H and O–H groups in total. The molecule has 0 saturated heterocycles. The Balaban J connectivity index is 1.45. The molecule has 0 radical (unpaired) electrons. The van der Waals surface area contributed by atoms with Crippen LogP contribution in [0.15, 0.2) is 51.9 Å². The Morgan fingerprint density at radius 3 is 2.59 bits per heavy atom. The van der Waals surface area contributed by atoms with Crippen LogP contribution in [-0.4, -0.2) is 28.1 Å². The number of nitrogen functional groups attached to an aromatic ring is 1. The van der Waals surface area contributed by atoms with Crippen LogP contribution in [0.5, 0.6) is 5.75 Å². The molecule has 7 nitrogen and oxygen atoms in total. The van der Waals surface area contributed by atoms with E-state index in [9.17, 15) is 4.79 Å². The number of halogens is 2. The van der Waals surface area contributed by atoms with E-state index in [0.29, 0.717) is 25.3 Å². The number of amides is 1. The minimum absolute atomic E-state index is 0.170. The first-order chi connectivity index (χ1) is 14.0. The molecule has 0 aliphatic rings. The number of ether oxygens (including phenoxy) is 1. The Labute approximate surface area is 185 Å². The molecular weight excluding hydrogens is 453 g/mol. The van der Waals surface area contributed by atoms with Crippen molar-refractivity contribution >= 4 is 63.6 Å². The van der Waals surface area contributed by atoms with E-state index in [2.05, 4.69) is 20.7 Å². The van der Waals surface area contributed by atoms with Crippen molar-refractivity contribution in [1.29, 1.82) is 0 Å². The van der Waals surface area contributed by atoms with Gasteiger partial charge in [0.25, 0.3) is 5.91 Å². The van der Waals surface area contributed by atoms with E-state index in [1.165, 1.54) is 23.1 Å². The number of anilines is 1. The van der Waals surface area contributed by atoms with Crippen molar-refractivity contribution < 1.29 is 9.53 Å². The van der Waals surface area contributed by atoms with Gasteiger partial charge in [0.05, 0.1) is 12.0 Å². The van der Waals surface area contributed by atoms with Crippen LogP contribution in [0.3, 0.4) is 0 Å². The van der Waals surface area contributed by atoms with E-state index in [-0.39, 0.29) is 18.3 Å². The summed E-state index contributed by atoms with van der Waals surface area (Å²) in [7, 11) is 0. The van der Waals surface area contributed by atoms with Gasteiger partial charge in [-0.05, 0) is 42.0 Å². The number of aromatic nitrogens is 2. The van der Waals surface area contributed by atoms with E-state index in [1.54, 1.807) is 36.5 Å². The van der Waals surface area contributed by atoms with Crippen LogP contribution >= 0.6 is 46.3 Å². The maximum Gasteiger partial charge on any atom is 0.250 e. The van der Waals surface area contributed by atoms with Crippen molar-refractivity contribution in [3.05, 3.63) is 63.6 Å². The van der Waals surface area contributed by atoms with Crippen LogP contribution in [0, 0.1) is 0 Å². The Hall–Kier alpha value is -2.33. The van der Waals surface area contributed by atoms with Crippen molar-refractivity contribution in [2.24, 2.45) is 5.10 Å². The molecule has 0 aliphatic heterocycles. The van der Waals surface area contributed by atoms with Crippen molar-refractivity contribution in [2.45, 2.75) is 10.9 Å². The number of rotatable bonds is 8. The number of hydrogen-bond donors (Lipinski definition) is 2. The summed E-state index contributed by atoms with van der Waals surface area (Å²) in [5, 5.41) is 12.9. The fourth-order valence-corrected chi connectivity index (χ4v) is 4.03. The molecule has 1 heterocycles. The average Bonchev–Trinajstić information content (AvgIpc) is 3.12. The molecule has 0 spiro atoms. The quantitative estimate of drug-likeness (QED) is 0.291. The van der Waals surface area contributed by atoms with E-state index >= 15 is 0 Å². The lowest BCUT2D eigenvalue weighted by atomic mass is 10.2. The highest BCUT2D eigenvalue weighted by Crippen LogP contribution is 2.26. The summed E-state index contributed by atoms with van der Waals surface area (Å²) < 4.78 is 6.36. The third-order valence-corrected chi connectivity index (χ3v) is 6.07. The summed E-state index contributed by atoms with van der Waals surface area (Å²) >= 11 is 14.7. The summed E-state index contributed by atoms with van der Waals surface area (Å²) in [6.07, 6.45) is 1.54. The Morgan fingerprint density at radius 2 is 1.93 bits per heavy atom. The normalized spacial score (nSPS) is 11.0. The predicted octanol–water partition coefficient (Wildman–Crippen LogP) is 4.25. The summed E-state index contributed by atoms with van der Waals surface area (Å²) in [4.78, 5) is 11.8. The first-order valence-corrected chi connectivity index (χ1v) is 10.8. The first kappa shape index (κ1) is 21.4. The van der Waals surface area contributed by atoms with Gasteiger partial charge in [-0.15, -0.1) is 10.2 Å². The van der Waals surface area contributed by atoms with E-state index in [1.807, 2.05) is 12.1 Å². The van der Waals surface area contributed by atoms with Gasteiger partial charge in [-0.1, -0.05) is 52.4 Å². The zero-order valence-electron chi connectivity index (χ0n) is 14.8. The van der Waals surface area contributed by atoms with Crippen LogP contribution < -0.4 is 15.9 Å². The van der Waals surface area contributed by atoms with Gasteiger partial charge in [0.1, 0.15) is 12.4 Å². The van der Waals surface area contributed by atoms with Gasteiger partial charge in [0.2, 0.25) is 5.13 Å². The fourth-order valence-electron chi connectivity index (χ4n) is 2.09. The SMILES string of the molecule is Nc1nnc(SCC(=O)NN=Cc2ccc(OCc3c(Cl)cccc3Cl)cc2)s1. The van der Waals surface area contributed by atoms with Crippen LogP contribution in [0.1, 0.15) is 11.1 Å². The molecule has 0 bridgehead atoms. The number of carbonyl (C=O) groups is 1. The van der Waals surface area contributed by atoms with Crippen molar-refractivity contribution in [2.75, 3.05) is 11.5 Å². The molecular formula is C18H15Cl2N5O2S2. The monoisotopic (exact) mass is 467 g/mol. The molecule has 29 heavy (non-hydrogen) atoms. The molecule has 0 unspecified atom stereocenters. The molecule has 150 valence electrons. The fraction of sp³-hybridized carbons (Fsp3) is 0.111. The molecule has 0 fully saturated rings. The molecule has 1 amide bonds. The van der Waals surface area contributed by atoms with Gasteiger partial charge in [-0.2, -0.15) is 5.10 Å². The number of hydrazone groups is 1. The molecule has 0 saturated carbocycles. The van der Waals surface area contributed by atoms with Crippen LogP contribution in [0.25, 0.3) is 0 Å². The molecule has 11 heteroatoms. The first-order valence-electron chi connectivity index (χ1n) is 8.20. The number of nitrogens with one attached hydrogen (secondary N) is 1. The highest BCUT2D eigenvalue weighted by atomic mass is 35.5. The third kappa shape index (κ3) is 6.60. The van der Waals surface area contributed by atoms with Crippen molar-refractivity contribution in [1.82, 2.24) is 15.6 Å².